The molecule has 0 spiro atoms. The van der Waals surface area contributed by atoms with Crippen molar-refractivity contribution in [2.24, 2.45) is 22.6 Å². The Morgan fingerprint density at radius 3 is 2.64 bits per heavy atom. The summed E-state index contributed by atoms with van der Waals surface area (Å²) < 4.78 is 5.40. The van der Waals surface area contributed by atoms with Gasteiger partial charge in [0.25, 0.3) is 0 Å². The van der Waals surface area contributed by atoms with Crippen LogP contribution in [0.3, 0.4) is 0 Å². The molecule has 162 valence electrons. The van der Waals surface area contributed by atoms with Gasteiger partial charge in [0.1, 0.15) is 5.60 Å². The van der Waals surface area contributed by atoms with Gasteiger partial charge < -0.3 is 25.6 Å². The maximum atomic E-state index is 12.1. The van der Waals surface area contributed by atoms with E-state index in [0.29, 0.717) is 19.5 Å². The number of ether oxygens (including phenoxy) is 1. The van der Waals surface area contributed by atoms with E-state index in [9.17, 15) is 9.59 Å². The normalized spacial score (nSPS) is 19.1. The zero-order chi connectivity index (χ0) is 21.3. The van der Waals surface area contributed by atoms with Gasteiger partial charge in [0.2, 0.25) is 5.91 Å². The third-order valence-corrected chi connectivity index (χ3v) is 4.49. The summed E-state index contributed by atoms with van der Waals surface area (Å²) in [4.78, 5) is 31.9. The molecule has 3 N–H and O–H groups in total. The first-order valence-electron chi connectivity index (χ1n) is 10.3. The van der Waals surface area contributed by atoms with E-state index in [0.717, 1.165) is 38.4 Å². The molecule has 1 aliphatic heterocycles. The van der Waals surface area contributed by atoms with Crippen molar-refractivity contribution in [3.05, 3.63) is 0 Å². The van der Waals surface area contributed by atoms with Gasteiger partial charge in [-0.15, -0.1) is 0 Å². The molecule has 2 unspecified atom stereocenters. The van der Waals surface area contributed by atoms with Crippen molar-refractivity contribution < 1.29 is 14.3 Å². The molecule has 1 aliphatic rings. The van der Waals surface area contributed by atoms with Crippen LogP contribution in [0.1, 0.15) is 53.9 Å². The van der Waals surface area contributed by atoms with E-state index in [1.807, 2.05) is 27.7 Å². The van der Waals surface area contributed by atoms with Crippen LogP contribution in [0.4, 0.5) is 4.79 Å². The van der Waals surface area contributed by atoms with Crippen molar-refractivity contribution in [2.75, 3.05) is 39.8 Å². The fourth-order valence-electron chi connectivity index (χ4n) is 3.32. The predicted molar refractivity (Wildman–Crippen MR) is 112 cm³/mol. The number of primary amides is 1. The van der Waals surface area contributed by atoms with Crippen LogP contribution in [-0.2, 0) is 9.53 Å². The first-order chi connectivity index (χ1) is 13.0. The predicted octanol–water partition coefficient (Wildman–Crippen LogP) is 2.04. The highest BCUT2D eigenvalue weighted by molar-refractivity contribution is 5.80. The molecule has 0 aromatic heterocycles. The second-order valence-corrected chi connectivity index (χ2v) is 8.79. The second kappa shape index (κ2) is 11.1. The summed E-state index contributed by atoms with van der Waals surface area (Å²) in [6.07, 6.45) is 2.16. The van der Waals surface area contributed by atoms with Gasteiger partial charge >= 0.3 is 6.09 Å². The van der Waals surface area contributed by atoms with Crippen LogP contribution in [-0.4, -0.2) is 73.1 Å². The third-order valence-electron chi connectivity index (χ3n) is 4.49. The average Bonchev–Trinajstić information content (AvgIpc) is 2.56. The van der Waals surface area contributed by atoms with Crippen molar-refractivity contribution in [1.29, 1.82) is 0 Å². The number of likely N-dealkylation sites (tertiary alicyclic amines) is 1. The summed E-state index contributed by atoms with van der Waals surface area (Å²) in [7, 11) is 1.75. The molecule has 1 heterocycles. The molecule has 8 nitrogen and oxygen atoms in total. The number of nitrogens with zero attached hydrogens (tertiary/aromatic N) is 3. The van der Waals surface area contributed by atoms with Gasteiger partial charge in [-0.3, -0.25) is 9.79 Å². The maximum absolute atomic E-state index is 12.1. The van der Waals surface area contributed by atoms with E-state index in [4.69, 9.17) is 15.5 Å². The van der Waals surface area contributed by atoms with E-state index < -0.39 is 5.60 Å². The molecule has 1 saturated heterocycles. The van der Waals surface area contributed by atoms with Crippen molar-refractivity contribution in [3.8, 4) is 0 Å². The smallest absolute Gasteiger partial charge is 0.410 e. The van der Waals surface area contributed by atoms with Crippen LogP contribution >= 0.6 is 0 Å². The van der Waals surface area contributed by atoms with E-state index in [1.165, 1.54) is 0 Å². The standard InChI is InChI=1S/C20H39N5O3/c1-7-22-18(25-10-8-9-16(14-25)11-17(21)26)23-12-15(2)13-24(6)19(27)28-20(3,4)5/h15-16H,7-14H2,1-6H3,(H2,21,26)(H,22,23). The Balaban J connectivity index is 2.63. The maximum Gasteiger partial charge on any atom is 0.410 e. The van der Waals surface area contributed by atoms with Crippen LogP contribution in [0.15, 0.2) is 4.99 Å². The molecular weight excluding hydrogens is 358 g/mol. The zero-order valence-corrected chi connectivity index (χ0v) is 18.5. The summed E-state index contributed by atoms with van der Waals surface area (Å²) >= 11 is 0. The van der Waals surface area contributed by atoms with Gasteiger partial charge in [0.05, 0.1) is 0 Å². The number of amides is 2. The Morgan fingerprint density at radius 1 is 1.39 bits per heavy atom. The second-order valence-electron chi connectivity index (χ2n) is 8.79. The summed E-state index contributed by atoms with van der Waals surface area (Å²) in [5.41, 5.74) is 4.87. The molecule has 1 fully saturated rings. The van der Waals surface area contributed by atoms with Gasteiger partial charge in [0, 0.05) is 46.2 Å². The fraction of sp³-hybridized carbons (Fsp3) is 0.850. The number of carbonyl (C=O) groups excluding carboxylic acids is 2. The highest BCUT2D eigenvalue weighted by atomic mass is 16.6. The molecule has 0 radical (unpaired) electrons. The number of nitrogens with two attached hydrogens (primary N) is 1. The minimum atomic E-state index is -0.499. The lowest BCUT2D eigenvalue weighted by atomic mass is 9.95. The quantitative estimate of drug-likeness (QED) is 0.506. The molecule has 2 atom stereocenters. The molecule has 0 aromatic carbocycles. The highest BCUT2D eigenvalue weighted by Crippen LogP contribution is 2.19. The monoisotopic (exact) mass is 397 g/mol. The van der Waals surface area contributed by atoms with E-state index in [1.54, 1.807) is 11.9 Å². The first-order valence-corrected chi connectivity index (χ1v) is 10.3. The van der Waals surface area contributed by atoms with Crippen molar-refractivity contribution in [1.82, 2.24) is 15.1 Å². The number of rotatable bonds is 7. The van der Waals surface area contributed by atoms with Gasteiger partial charge in [0.15, 0.2) is 5.96 Å². The topological polar surface area (TPSA) is 100 Å². The fourth-order valence-corrected chi connectivity index (χ4v) is 3.32. The largest absolute Gasteiger partial charge is 0.444 e. The van der Waals surface area contributed by atoms with E-state index >= 15 is 0 Å². The van der Waals surface area contributed by atoms with Crippen LogP contribution < -0.4 is 11.1 Å². The summed E-state index contributed by atoms with van der Waals surface area (Å²) in [6.45, 7) is 13.4. The Kier molecular flexibility index (Phi) is 9.55. The summed E-state index contributed by atoms with van der Waals surface area (Å²) in [6, 6.07) is 0. The molecule has 0 bridgehead atoms. The van der Waals surface area contributed by atoms with Crippen LogP contribution in [0.25, 0.3) is 0 Å². The lowest BCUT2D eigenvalue weighted by Crippen LogP contribution is -2.47. The summed E-state index contributed by atoms with van der Waals surface area (Å²) in [5.74, 6) is 1.10. The molecule has 0 aliphatic carbocycles. The molecular formula is C20H39N5O3. The Bertz CT molecular complexity index is 544. The number of guanidine groups is 1. The number of hydrogen-bond acceptors (Lipinski definition) is 4. The molecule has 0 saturated carbocycles. The number of piperidine rings is 1. The molecule has 28 heavy (non-hydrogen) atoms. The Morgan fingerprint density at radius 2 is 2.07 bits per heavy atom. The minimum Gasteiger partial charge on any atom is -0.444 e. The highest BCUT2D eigenvalue weighted by Gasteiger charge is 2.24. The number of aliphatic imine (C=N–C) groups is 1. The van der Waals surface area contributed by atoms with Crippen LogP contribution in [0.5, 0.6) is 0 Å². The molecule has 1 rings (SSSR count). The van der Waals surface area contributed by atoms with Gasteiger partial charge in [-0.05, 0) is 52.4 Å². The van der Waals surface area contributed by atoms with Gasteiger partial charge in [-0.1, -0.05) is 6.92 Å². The van der Waals surface area contributed by atoms with Gasteiger partial charge in [-0.25, -0.2) is 4.79 Å². The lowest BCUT2D eigenvalue weighted by molar-refractivity contribution is -0.119. The van der Waals surface area contributed by atoms with Crippen molar-refractivity contribution in [2.45, 2.75) is 59.5 Å². The summed E-state index contributed by atoms with van der Waals surface area (Å²) in [5, 5.41) is 3.34. The van der Waals surface area contributed by atoms with E-state index in [2.05, 4.69) is 17.1 Å². The zero-order valence-electron chi connectivity index (χ0n) is 18.5. The van der Waals surface area contributed by atoms with Gasteiger partial charge in [-0.2, -0.15) is 0 Å². The van der Waals surface area contributed by atoms with Crippen LogP contribution in [0, 0.1) is 11.8 Å². The molecule has 0 aromatic rings. The van der Waals surface area contributed by atoms with Crippen LogP contribution in [0.2, 0.25) is 0 Å². The van der Waals surface area contributed by atoms with Crippen molar-refractivity contribution in [3.63, 3.8) is 0 Å². The SMILES string of the molecule is CCNC(=NCC(C)CN(C)C(=O)OC(C)(C)C)N1CCCC(CC(N)=O)C1. The molecule has 2 amide bonds. The third kappa shape index (κ3) is 9.28. The average molecular weight is 398 g/mol. The Hall–Kier alpha value is -1.99. The number of hydrogen-bond donors (Lipinski definition) is 2. The first kappa shape index (κ1) is 24.0. The minimum absolute atomic E-state index is 0.192. The number of carbonyl (C=O) groups is 2. The lowest BCUT2D eigenvalue weighted by Gasteiger charge is -2.35. The number of nitrogens with one attached hydrogen (secondary N) is 1. The Labute approximate surface area is 169 Å². The molecule has 8 heteroatoms. The van der Waals surface area contributed by atoms with Crippen molar-refractivity contribution >= 4 is 18.0 Å². The van der Waals surface area contributed by atoms with E-state index in [-0.39, 0.29) is 23.8 Å².